The maximum absolute atomic E-state index is 5.54. The van der Waals surface area contributed by atoms with Crippen LogP contribution in [0.15, 0.2) is 22.7 Å². The van der Waals surface area contributed by atoms with Crippen molar-refractivity contribution in [2.75, 3.05) is 11.5 Å². The fraction of sp³-hybridized carbons (Fsp3) is 0.429. The summed E-state index contributed by atoms with van der Waals surface area (Å²) in [4.78, 5) is 0. The Balaban J connectivity index is 3.29. The van der Waals surface area contributed by atoms with Crippen LogP contribution in [0.1, 0.15) is 6.92 Å². The van der Waals surface area contributed by atoms with Crippen LogP contribution in [0.25, 0.3) is 0 Å². The van der Waals surface area contributed by atoms with Gasteiger partial charge in [-0.3, -0.25) is 0 Å². The van der Waals surface area contributed by atoms with Crippen LogP contribution in [0.2, 0.25) is 0 Å². The summed E-state index contributed by atoms with van der Waals surface area (Å²) in [5, 5.41) is 0.687. The summed E-state index contributed by atoms with van der Waals surface area (Å²) in [5.41, 5.74) is 2.74. The summed E-state index contributed by atoms with van der Waals surface area (Å²) in [6.07, 6.45) is 0. The van der Waals surface area contributed by atoms with Crippen LogP contribution in [0.5, 0.6) is 0 Å². The van der Waals surface area contributed by atoms with Gasteiger partial charge in [0.15, 0.2) is 0 Å². The van der Waals surface area contributed by atoms with Gasteiger partial charge in [0.1, 0.15) is 0 Å². The van der Waals surface area contributed by atoms with E-state index < -0.39 is 0 Å². The molecular weight excluding hydrogens is 187 g/mol. The lowest BCUT2D eigenvalue weighted by molar-refractivity contribution is 1.43. The molecule has 0 amide bonds. The molecule has 0 aliphatic carbocycles. The van der Waals surface area contributed by atoms with Crippen LogP contribution in [-0.2, 0) is 0 Å². The number of hydrogen-bond acceptors (Lipinski definition) is 1. The molecule has 0 saturated heterocycles. The summed E-state index contributed by atoms with van der Waals surface area (Å²) in [6, 6.07) is 0. The van der Waals surface area contributed by atoms with Gasteiger partial charge in [-0.15, -0.1) is 0 Å². The smallest absolute Gasteiger partial charge is 0.0289 e. The molecule has 0 bridgehead atoms. The highest BCUT2D eigenvalue weighted by molar-refractivity contribution is 7.99. The van der Waals surface area contributed by atoms with Gasteiger partial charge in [-0.25, -0.2) is 0 Å². The number of thioether (sulfide) groups is 1. The zero-order valence-electron chi connectivity index (χ0n) is 5.86. The van der Waals surface area contributed by atoms with E-state index in [1.165, 1.54) is 0 Å². The van der Waals surface area contributed by atoms with E-state index in [2.05, 4.69) is 6.58 Å². The van der Waals surface area contributed by atoms with E-state index in [0.717, 1.165) is 17.1 Å². The summed E-state index contributed by atoms with van der Waals surface area (Å²) >= 11 is 12.7. The fourth-order valence-electron chi connectivity index (χ4n) is 0.354. The average molecular weight is 197 g/mol. The maximum Gasteiger partial charge on any atom is 0.0289 e. The highest BCUT2D eigenvalue weighted by atomic mass is 35.5. The molecule has 0 fully saturated rings. The molecule has 0 saturated carbocycles. The molecule has 0 spiro atoms. The molecule has 0 unspecified atom stereocenters. The van der Waals surface area contributed by atoms with Crippen LogP contribution >= 0.6 is 35.0 Å². The average Bonchev–Trinajstić information content (AvgIpc) is 1.87. The molecule has 0 rings (SSSR count). The molecule has 0 heterocycles. The van der Waals surface area contributed by atoms with Crippen molar-refractivity contribution >= 4 is 35.0 Å². The Morgan fingerprint density at radius 1 is 1.60 bits per heavy atom. The van der Waals surface area contributed by atoms with Crippen molar-refractivity contribution in [3.8, 4) is 0 Å². The lowest BCUT2D eigenvalue weighted by Crippen LogP contribution is -1.82. The molecule has 58 valence electrons. The number of hydrogen-bond donors (Lipinski definition) is 0. The fourth-order valence-corrected chi connectivity index (χ4v) is 1.48. The largest absolute Gasteiger partial charge is 0.152 e. The van der Waals surface area contributed by atoms with E-state index in [4.69, 9.17) is 23.2 Å². The maximum atomic E-state index is 5.54. The molecule has 0 aromatic rings. The second kappa shape index (κ2) is 6.14. The first kappa shape index (κ1) is 10.4. The Morgan fingerprint density at radius 2 is 2.20 bits per heavy atom. The van der Waals surface area contributed by atoms with Crippen molar-refractivity contribution in [2.24, 2.45) is 0 Å². The SMILES string of the molecule is C=C(Cl)CSC/C(C)=C/Cl. The summed E-state index contributed by atoms with van der Waals surface area (Å²) in [6.45, 7) is 5.55. The van der Waals surface area contributed by atoms with Gasteiger partial charge in [-0.1, -0.05) is 35.4 Å². The molecule has 0 nitrogen and oxygen atoms in total. The standard InChI is InChI=1S/C7H10Cl2S/c1-6(3-8)4-10-5-7(2)9/h3H,2,4-5H2,1H3/b6-3+. The van der Waals surface area contributed by atoms with Gasteiger partial charge in [0.2, 0.25) is 0 Å². The molecule has 0 N–H and O–H groups in total. The van der Waals surface area contributed by atoms with Gasteiger partial charge in [0, 0.05) is 22.1 Å². The van der Waals surface area contributed by atoms with E-state index in [0.29, 0.717) is 5.03 Å². The lowest BCUT2D eigenvalue weighted by atomic mass is 10.4. The topological polar surface area (TPSA) is 0 Å². The minimum atomic E-state index is 0.687. The van der Waals surface area contributed by atoms with Crippen LogP contribution < -0.4 is 0 Å². The van der Waals surface area contributed by atoms with E-state index >= 15 is 0 Å². The Hall–Kier alpha value is 0.410. The van der Waals surface area contributed by atoms with Crippen LogP contribution in [0.3, 0.4) is 0 Å². The lowest BCUT2D eigenvalue weighted by Gasteiger charge is -1.97. The van der Waals surface area contributed by atoms with Crippen molar-refractivity contribution in [3.05, 3.63) is 22.7 Å². The molecule has 10 heavy (non-hydrogen) atoms. The van der Waals surface area contributed by atoms with Crippen molar-refractivity contribution in [3.63, 3.8) is 0 Å². The second-order valence-corrected chi connectivity index (χ2v) is 3.70. The van der Waals surface area contributed by atoms with E-state index in [9.17, 15) is 0 Å². The molecule has 0 aromatic carbocycles. The van der Waals surface area contributed by atoms with Gasteiger partial charge >= 0.3 is 0 Å². The molecule has 0 atom stereocenters. The summed E-state index contributed by atoms with van der Waals surface area (Å²) in [7, 11) is 0. The predicted octanol–water partition coefficient (Wildman–Crippen LogP) is 3.61. The van der Waals surface area contributed by atoms with Gasteiger partial charge < -0.3 is 0 Å². The van der Waals surface area contributed by atoms with Gasteiger partial charge in [0.05, 0.1) is 0 Å². The molecule has 0 aliphatic rings. The third kappa shape index (κ3) is 6.53. The first-order valence-corrected chi connectivity index (χ1v) is 4.80. The molecule has 0 aliphatic heterocycles. The minimum Gasteiger partial charge on any atom is -0.152 e. The number of halogens is 2. The molecule has 0 aromatic heterocycles. The highest BCUT2D eigenvalue weighted by Gasteiger charge is 1.91. The van der Waals surface area contributed by atoms with Crippen molar-refractivity contribution in [1.82, 2.24) is 0 Å². The van der Waals surface area contributed by atoms with Gasteiger partial charge in [-0.05, 0) is 6.92 Å². The second-order valence-electron chi connectivity index (χ2n) is 1.97. The molecular formula is C7H10Cl2S. The van der Waals surface area contributed by atoms with Gasteiger partial charge in [0.25, 0.3) is 0 Å². The molecule has 0 radical (unpaired) electrons. The zero-order valence-corrected chi connectivity index (χ0v) is 8.19. The Morgan fingerprint density at radius 3 is 2.60 bits per heavy atom. The van der Waals surface area contributed by atoms with E-state index in [1.54, 1.807) is 17.3 Å². The van der Waals surface area contributed by atoms with Crippen molar-refractivity contribution in [2.45, 2.75) is 6.92 Å². The third-order valence-corrected chi connectivity index (χ3v) is 2.65. The van der Waals surface area contributed by atoms with Gasteiger partial charge in [-0.2, -0.15) is 11.8 Å². The first-order valence-electron chi connectivity index (χ1n) is 2.83. The summed E-state index contributed by atoms with van der Waals surface area (Å²) in [5.74, 6) is 1.72. The Kier molecular flexibility index (Phi) is 6.39. The quantitative estimate of drug-likeness (QED) is 0.663. The van der Waals surface area contributed by atoms with E-state index in [1.807, 2.05) is 6.92 Å². The predicted molar refractivity (Wildman–Crippen MR) is 51.9 cm³/mol. The highest BCUT2D eigenvalue weighted by Crippen LogP contribution is 2.13. The minimum absolute atomic E-state index is 0.687. The Bertz CT molecular complexity index is 141. The monoisotopic (exact) mass is 196 g/mol. The third-order valence-electron chi connectivity index (χ3n) is 0.775. The van der Waals surface area contributed by atoms with Crippen LogP contribution in [-0.4, -0.2) is 11.5 Å². The summed E-state index contributed by atoms with van der Waals surface area (Å²) < 4.78 is 0. The Labute approximate surface area is 76.3 Å². The number of rotatable bonds is 4. The van der Waals surface area contributed by atoms with Crippen molar-refractivity contribution < 1.29 is 0 Å². The first-order chi connectivity index (χ1) is 4.66. The van der Waals surface area contributed by atoms with Crippen molar-refractivity contribution in [1.29, 1.82) is 0 Å². The normalized spacial score (nSPS) is 11.7. The van der Waals surface area contributed by atoms with E-state index in [-0.39, 0.29) is 0 Å². The zero-order chi connectivity index (χ0) is 7.98. The molecule has 3 heteroatoms. The van der Waals surface area contributed by atoms with Crippen LogP contribution in [0, 0.1) is 0 Å². The van der Waals surface area contributed by atoms with Crippen LogP contribution in [0.4, 0.5) is 0 Å².